The fourth-order valence-electron chi connectivity index (χ4n) is 4.45. The molecule has 0 N–H and O–H groups in total. The Labute approximate surface area is 200 Å². The van der Waals surface area contributed by atoms with Crippen LogP contribution in [0.2, 0.25) is 10.0 Å². The molecular weight excluding hydrogens is 503 g/mol. The van der Waals surface area contributed by atoms with Crippen molar-refractivity contribution in [1.29, 1.82) is 0 Å². The van der Waals surface area contributed by atoms with Crippen molar-refractivity contribution in [2.45, 2.75) is 30.7 Å². The Morgan fingerprint density at radius 2 is 1.79 bits per heavy atom. The Morgan fingerprint density at radius 3 is 2.38 bits per heavy atom. The van der Waals surface area contributed by atoms with Gasteiger partial charge in [0, 0.05) is 30.0 Å². The van der Waals surface area contributed by atoms with E-state index >= 15 is 0 Å². The Balaban J connectivity index is 1.48. The van der Waals surface area contributed by atoms with Gasteiger partial charge in [-0.25, -0.2) is 9.18 Å². The highest BCUT2D eigenvalue weighted by molar-refractivity contribution is 6.35. The number of carbonyl (C=O) groups is 2. The van der Waals surface area contributed by atoms with Gasteiger partial charge in [0.15, 0.2) is 11.4 Å². The highest BCUT2D eigenvalue weighted by Gasteiger charge is 2.63. The van der Waals surface area contributed by atoms with Crippen LogP contribution in [-0.2, 0) is 25.6 Å². The van der Waals surface area contributed by atoms with E-state index in [4.69, 9.17) is 32.8 Å². The van der Waals surface area contributed by atoms with Crippen LogP contribution < -0.4 is 0 Å². The summed E-state index contributed by atoms with van der Waals surface area (Å²) >= 11 is 11.4. The predicted molar refractivity (Wildman–Crippen MR) is 112 cm³/mol. The number of amides is 1. The zero-order valence-corrected chi connectivity index (χ0v) is 18.8. The average Bonchev–Trinajstić information content (AvgIpc) is 3.31. The Morgan fingerprint density at radius 1 is 1.15 bits per heavy atom. The van der Waals surface area contributed by atoms with Crippen LogP contribution in [0.1, 0.15) is 40.4 Å². The van der Waals surface area contributed by atoms with E-state index in [1.54, 1.807) is 6.07 Å². The number of oxime groups is 1. The van der Waals surface area contributed by atoms with E-state index in [1.165, 1.54) is 24.0 Å². The molecule has 0 radical (unpaired) electrons. The first-order valence-corrected chi connectivity index (χ1v) is 10.7. The van der Waals surface area contributed by atoms with Gasteiger partial charge in [-0.1, -0.05) is 40.5 Å². The summed E-state index contributed by atoms with van der Waals surface area (Å²) in [5, 5.41) is 2.47. The SMILES string of the molecule is CC(=O)N1CC2(C1)OC(=O)c1cc(C3=NOC(c4cc(Cl)c(F)c(Cl)c4)(C(F)(F)F)C3)ccc12. The molecule has 1 atom stereocenters. The summed E-state index contributed by atoms with van der Waals surface area (Å²) in [6.45, 7) is 1.81. The molecule has 3 aliphatic heterocycles. The van der Waals surface area contributed by atoms with Gasteiger partial charge in [-0.2, -0.15) is 13.2 Å². The minimum atomic E-state index is -4.95. The van der Waals surface area contributed by atoms with Gasteiger partial charge in [0.1, 0.15) is 0 Å². The highest BCUT2D eigenvalue weighted by Crippen LogP contribution is 2.50. The number of halogens is 6. The standard InChI is InChI=1S/C22H14Cl2F4N2O4/c1-10(31)30-8-20(9-30)14-3-2-11(4-13(14)19(32)33-20)17-7-21(34-29-17,22(26,27)28)12-5-15(23)18(25)16(24)6-12/h2-6H,7-9H2,1H3. The van der Waals surface area contributed by atoms with Crippen LogP contribution in [0.15, 0.2) is 35.5 Å². The van der Waals surface area contributed by atoms with E-state index in [-0.39, 0.29) is 35.8 Å². The van der Waals surface area contributed by atoms with Crippen LogP contribution >= 0.6 is 23.2 Å². The van der Waals surface area contributed by atoms with E-state index in [0.717, 1.165) is 12.1 Å². The zero-order chi connectivity index (χ0) is 24.6. The van der Waals surface area contributed by atoms with Crippen molar-refractivity contribution in [3.63, 3.8) is 0 Å². The number of hydrogen-bond donors (Lipinski definition) is 0. The number of hydrogen-bond acceptors (Lipinski definition) is 5. The number of nitrogens with zero attached hydrogens (tertiary/aromatic N) is 2. The normalized spacial score (nSPS) is 22.7. The lowest BCUT2D eigenvalue weighted by atomic mass is 9.83. The molecule has 34 heavy (non-hydrogen) atoms. The summed E-state index contributed by atoms with van der Waals surface area (Å²) in [4.78, 5) is 30.5. The second-order valence-electron chi connectivity index (χ2n) is 8.40. The Hall–Kier alpha value is -2.85. The molecule has 0 aliphatic carbocycles. The van der Waals surface area contributed by atoms with Crippen molar-refractivity contribution in [1.82, 2.24) is 4.90 Å². The maximum absolute atomic E-state index is 14.2. The fourth-order valence-corrected chi connectivity index (χ4v) is 4.94. The third kappa shape index (κ3) is 3.19. The number of ether oxygens (including phenoxy) is 1. The summed E-state index contributed by atoms with van der Waals surface area (Å²) in [6, 6.07) is 6.08. The minimum Gasteiger partial charge on any atom is -0.447 e. The first-order chi connectivity index (χ1) is 15.9. The molecule has 2 aromatic carbocycles. The molecule has 1 spiro atoms. The van der Waals surface area contributed by atoms with E-state index in [9.17, 15) is 27.2 Å². The van der Waals surface area contributed by atoms with Crippen LogP contribution in [0.3, 0.4) is 0 Å². The lowest BCUT2D eigenvalue weighted by Crippen LogP contribution is -2.60. The van der Waals surface area contributed by atoms with Crippen molar-refractivity contribution in [3.8, 4) is 0 Å². The zero-order valence-electron chi connectivity index (χ0n) is 17.3. The van der Waals surface area contributed by atoms with E-state index < -0.39 is 51.2 Å². The number of benzene rings is 2. The van der Waals surface area contributed by atoms with Gasteiger partial charge in [0.25, 0.3) is 5.60 Å². The van der Waals surface area contributed by atoms with Crippen LogP contribution in [0.4, 0.5) is 17.6 Å². The van der Waals surface area contributed by atoms with Gasteiger partial charge >= 0.3 is 12.1 Å². The van der Waals surface area contributed by atoms with Gasteiger partial charge in [-0.15, -0.1) is 0 Å². The van der Waals surface area contributed by atoms with E-state index in [0.29, 0.717) is 5.56 Å². The van der Waals surface area contributed by atoms with E-state index in [1.807, 2.05) is 0 Å². The van der Waals surface area contributed by atoms with Crippen molar-refractivity contribution < 1.29 is 36.7 Å². The van der Waals surface area contributed by atoms with Gasteiger partial charge in [0.2, 0.25) is 5.91 Å². The number of alkyl halides is 3. The molecule has 178 valence electrons. The first-order valence-electron chi connectivity index (χ1n) is 9.97. The molecule has 3 heterocycles. The first kappa shape index (κ1) is 22.9. The summed E-state index contributed by atoms with van der Waals surface area (Å²) < 4.78 is 61.9. The summed E-state index contributed by atoms with van der Waals surface area (Å²) in [5.74, 6) is -1.85. The van der Waals surface area contributed by atoms with E-state index in [2.05, 4.69) is 5.16 Å². The molecule has 0 aromatic heterocycles. The topological polar surface area (TPSA) is 68.2 Å². The molecule has 12 heteroatoms. The number of esters is 1. The monoisotopic (exact) mass is 516 g/mol. The average molecular weight is 517 g/mol. The summed E-state index contributed by atoms with van der Waals surface area (Å²) in [7, 11) is 0. The molecule has 6 nitrogen and oxygen atoms in total. The fraction of sp³-hybridized carbons (Fsp3) is 0.318. The molecule has 1 saturated heterocycles. The molecule has 1 unspecified atom stereocenters. The van der Waals surface area contributed by atoms with Crippen LogP contribution in [0.5, 0.6) is 0 Å². The summed E-state index contributed by atoms with van der Waals surface area (Å²) in [6.07, 6.45) is -5.71. The third-order valence-electron chi connectivity index (χ3n) is 6.33. The number of rotatable bonds is 2. The molecule has 0 bridgehead atoms. The van der Waals surface area contributed by atoms with Crippen LogP contribution in [0, 0.1) is 5.82 Å². The third-order valence-corrected chi connectivity index (χ3v) is 6.88. The molecular formula is C22H14Cl2F4N2O4. The van der Waals surface area contributed by atoms with Gasteiger partial charge in [0.05, 0.1) is 34.4 Å². The quantitative estimate of drug-likeness (QED) is 0.322. The number of fused-ring (bicyclic) bond motifs is 2. The van der Waals surface area contributed by atoms with Crippen molar-refractivity contribution >= 4 is 40.8 Å². The number of carbonyl (C=O) groups excluding carboxylic acids is 2. The molecule has 2 aromatic rings. The van der Waals surface area contributed by atoms with Crippen LogP contribution in [-0.4, -0.2) is 41.8 Å². The second-order valence-corrected chi connectivity index (χ2v) is 9.22. The van der Waals surface area contributed by atoms with Gasteiger partial charge in [-0.05, 0) is 18.2 Å². The van der Waals surface area contributed by atoms with Gasteiger partial charge < -0.3 is 14.5 Å². The Kier molecular flexibility index (Phi) is 4.94. The van der Waals surface area contributed by atoms with Crippen molar-refractivity contribution in [2.24, 2.45) is 5.16 Å². The minimum absolute atomic E-state index is 0.0792. The molecule has 1 amide bonds. The summed E-state index contributed by atoms with van der Waals surface area (Å²) in [5.41, 5.74) is -3.53. The maximum Gasteiger partial charge on any atom is 0.435 e. The lowest BCUT2D eigenvalue weighted by molar-refractivity contribution is -0.275. The highest BCUT2D eigenvalue weighted by atomic mass is 35.5. The molecule has 5 rings (SSSR count). The van der Waals surface area contributed by atoms with Crippen molar-refractivity contribution in [3.05, 3.63) is 68.4 Å². The molecule has 1 fully saturated rings. The lowest BCUT2D eigenvalue weighted by Gasteiger charge is -2.46. The largest absolute Gasteiger partial charge is 0.447 e. The van der Waals surface area contributed by atoms with Crippen molar-refractivity contribution in [2.75, 3.05) is 13.1 Å². The predicted octanol–water partition coefficient (Wildman–Crippen LogP) is 4.94. The maximum atomic E-state index is 14.2. The Bertz CT molecular complexity index is 1270. The molecule has 0 saturated carbocycles. The second kappa shape index (κ2) is 7.32. The number of likely N-dealkylation sites (tertiary alicyclic amines) is 1. The molecule has 3 aliphatic rings. The smallest absolute Gasteiger partial charge is 0.435 e. The van der Waals surface area contributed by atoms with Gasteiger partial charge in [-0.3, -0.25) is 4.79 Å². The van der Waals surface area contributed by atoms with Crippen LogP contribution in [0.25, 0.3) is 0 Å².